The molecule has 0 bridgehead atoms. The van der Waals surface area contributed by atoms with Gasteiger partial charge in [-0.25, -0.2) is 0 Å². The van der Waals surface area contributed by atoms with Crippen molar-refractivity contribution in [2.24, 2.45) is 0 Å². The zero-order valence-corrected chi connectivity index (χ0v) is 12.7. The third-order valence-corrected chi connectivity index (χ3v) is 4.35. The number of hydrogen-bond donors (Lipinski definition) is 1. The lowest BCUT2D eigenvalue weighted by Crippen LogP contribution is -2.05. The number of pyridine rings is 1. The number of rotatable bonds is 2. The van der Waals surface area contributed by atoms with E-state index >= 15 is 0 Å². The molecule has 1 aromatic carbocycles. The van der Waals surface area contributed by atoms with Gasteiger partial charge in [-0.1, -0.05) is 37.1 Å². The summed E-state index contributed by atoms with van der Waals surface area (Å²) in [4.78, 5) is 4.57. The molecule has 0 spiro atoms. The first kappa shape index (κ1) is 14.3. The smallest absolute Gasteiger partial charge is 0.101 e. The largest absolute Gasteiger partial charge is 0.384 e. The first-order valence-electron chi connectivity index (χ1n) is 7.99. The van der Waals surface area contributed by atoms with Crippen LogP contribution in [-0.4, -0.2) is 10.1 Å². The van der Waals surface area contributed by atoms with Crippen LogP contribution in [0.4, 0.5) is 0 Å². The normalized spacial score (nSPS) is 20.4. The van der Waals surface area contributed by atoms with Gasteiger partial charge in [0.1, 0.15) is 6.10 Å². The Balaban J connectivity index is 2.02. The monoisotopic (exact) mass is 281 g/mol. The zero-order chi connectivity index (χ0) is 14.7. The maximum Gasteiger partial charge on any atom is 0.101 e. The molecule has 0 fully saturated rings. The second-order valence-electron chi connectivity index (χ2n) is 6.00. The molecular formula is C19H23NO. The predicted octanol–water partition coefficient (Wildman–Crippen LogP) is 4.86. The molecule has 3 rings (SSSR count). The fourth-order valence-electron chi connectivity index (χ4n) is 3.23. The van der Waals surface area contributed by atoms with Crippen LogP contribution >= 0.6 is 0 Å². The van der Waals surface area contributed by atoms with Gasteiger partial charge >= 0.3 is 0 Å². The molecule has 110 valence electrons. The van der Waals surface area contributed by atoms with Gasteiger partial charge in [0.05, 0.1) is 5.52 Å². The summed E-state index contributed by atoms with van der Waals surface area (Å²) in [7, 11) is 0. The highest BCUT2D eigenvalue weighted by Gasteiger charge is 2.17. The third-order valence-electron chi connectivity index (χ3n) is 4.35. The maximum absolute atomic E-state index is 10.9. The van der Waals surface area contributed by atoms with Crippen molar-refractivity contribution in [2.75, 3.05) is 0 Å². The Hall–Kier alpha value is -1.67. The number of aromatic nitrogens is 1. The van der Waals surface area contributed by atoms with E-state index in [2.05, 4.69) is 17.1 Å². The average Bonchev–Trinajstić information content (AvgIpc) is 2.45. The predicted molar refractivity (Wildman–Crippen MR) is 87.2 cm³/mol. The minimum Gasteiger partial charge on any atom is -0.384 e. The van der Waals surface area contributed by atoms with Gasteiger partial charge in [0, 0.05) is 11.1 Å². The highest BCUT2D eigenvalue weighted by Crippen LogP contribution is 2.32. The molecule has 1 aromatic heterocycles. The summed E-state index contributed by atoms with van der Waals surface area (Å²) in [6, 6.07) is 10.1. The Morgan fingerprint density at radius 3 is 2.81 bits per heavy atom. The zero-order valence-electron chi connectivity index (χ0n) is 12.7. The Morgan fingerprint density at radius 1 is 1.10 bits per heavy atom. The first-order chi connectivity index (χ1) is 10.3. The fourth-order valence-corrected chi connectivity index (χ4v) is 3.23. The molecule has 1 aliphatic carbocycles. The SMILES string of the molecule is Cc1cc(C(O)/C2=C/CCCCCC2)c2ccccc2n1. The second kappa shape index (κ2) is 6.40. The third kappa shape index (κ3) is 3.16. The van der Waals surface area contributed by atoms with Crippen molar-refractivity contribution in [2.45, 2.75) is 51.6 Å². The lowest BCUT2D eigenvalue weighted by molar-refractivity contribution is 0.210. The topological polar surface area (TPSA) is 33.1 Å². The van der Waals surface area contributed by atoms with Crippen LogP contribution in [-0.2, 0) is 0 Å². The minimum atomic E-state index is -0.491. The second-order valence-corrected chi connectivity index (χ2v) is 6.00. The molecule has 0 radical (unpaired) electrons. The number of nitrogens with zero attached hydrogens (tertiary/aromatic N) is 1. The molecule has 1 atom stereocenters. The van der Waals surface area contributed by atoms with Gasteiger partial charge in [-0.15, -0.1) is 0 Å². The van der Waals surface area contributed by atoms with Crippen molar-refractivity contribution in [3.05, 3.63) is 53.2 Å². The van der Waals surface area contributed by atoms with Gasteiger partial charge in [0.15, 0.2) is 0 Å². The highest BCUT2D eigenvalue weighted by molar-refractivity contribution is 5.83. The van der Waals surface area contributed by atoms with Crippen LogP contribution in [0.1, 0.15) is 55.9 Å². The number of fused-ring (bicyclic) bond motifs is 1. The summed E-state index contributed by atoms with van der Waals surface area (Å²) in [5, 5.41) is 12.0. The van der Waals surface area contributed by atoms with E-state index in [4.69, 9.17) is 0 Å². The number of aliphatic hydroxyl groups excluding tert-OH is 1. The number of aryl methyl sites for hydroxylation is 1. The van der Waals surface area contributed by atoms with E-state index < -0.39 is 6.10 Å². The molecule has 0 saturated carbocycles. The lowest BCUT2D eigenvalue weighted by atomic mass is 9.91. The van der Waals surface area contributed by atoms with Crippen LogP contribution < -0.4 is 0 Å². The van der Waals surface area contributed by atoms with E-state index in [1.165, 1.54) is 31.3 Å². The number of aliphatic hydroxyl groups is 1. The molecule has 2 heteroatoms. The van der Waals surface area contributed by atoms with Crippen LogP contribution in [0.25, 0.3) is 10.9 Å². The van der Waals surface area contributed by atoms with Gasteiger partial charge in [0.25, 0.3) is 0 Å². The standard InChI is InChI=1S/C19H23NO/c1-14-13-17(16-11-7-8-12-18(16)20-14)19(21)15-9-5-3-2-4-6-10-15/h7-9,11-13,19,21H,2-6,10H2,1H3/b15-9+. The Morgan fingerprint density at radius 2 is 1.90 bits per heavy atom. The van der Waals surface area contributed by atoms with E-state index in [0.29, 0.717) is 0 Å². The van der Waals surface area contributed by atoms with Crippen LogP contribution in [0.2, 0.25) is 0 Å². The molecule has 1 unspecified atom stereocenters. The van der Waals surface area contributed by atoms with Crippen molar-refractivity contribution >= 4 is 10.9 Å². The minimum absolute atomic E-state index is 0.491. The molecule has 1 aliphatic rings. The van der Waals surface area contributed by atoms with Crippen LogP contribution in [0.15, 0.2) is 42.0 Å². The summed E-state index contributed by atoms with van der Waals surface area (Å²) >= 11 is 0. The van der Waals surface area contributed by atoms with Crippen molar-refractivity contribution in [3.8, 4) is 0 Å². The van der Waals surface area contributed by atoms with E-state index in [9.17, 15) is 5.11 Å². The van der Waals surface area contributed by atoms with Crippen molar-refractivity contribution < 1.29 is 5.11 Å². The van der Waals surface area contributed by atoms with E-state index in [-0.39, 0.29) is 0 Å². The Labute approximate surface area is 126 Å². The molecular weight excluding hydrogens is 258 g/mol. The molecule has 2 aromatic rings. The Kier molecular flexibility index (Phi) is 4.35. The Bertz CT molecular complexity index is 660. The summed E-state index contributed by atoms with van der Waals surface area (Å²) in [5.74, 6) is 0. The molecule has 21 heavy (non-hydrogen) atoms. The number of hydrogen-bond acceptors (Lipinski definition) is 2. The van der Waals surface area contributed by atoms with Gasteiger partial charge < -0.3 is 5.11 Å². The van der Waals surface area contributed by atoms with E-state index in [1.54, 1.807) is 0 Å². The van der Waals surface area contributed by atoms with Gasteiger partial charge in [-0.2, -0.15) is 0 Å². The number of para-hydroxylation sites is 1. The van der Waals surface area contributed by atoms with Crippen LogP contribution in [0, 0.1) is 6.92 Å². The van der Waals surface area contributed by atoms with Gasteiger partial charge in [-0.3, -0.25) is 4.98 Å². The molecule has 2 nitrogen and oxygen atoms in total. The fraction of sp³-hybridized carbons (Fsp3) is 0.421. The van der Waals surface area contributed by atoms with E-state index in [1.807, 2.05) is 31.2 Å². The lowest BCUT2D eigenvalue weighted by Gasteiger charge is -2.19. The van der Waals surface area contributed by atoms with Crippen molar-refractivity contribution in [3.63, 3.8) is 0 Å². The average molecular weight is 281 g/mol. The summed E-state index contributed by atoms with van der Waals surface area (Å²) in [5.41, 5.74) is 4.13. The van der Waals surface area contributed by atoms with Crippen LogP contribution in [0.5, 0.6) is 0 Å². The summed E-state index contributed by atoms with van der Waals surface area (Å²) in [6.07, 6.45) is 8.89. The first-order valence-corrected chi connectivity index (χ1v) is 7.99. The molecule has 1 heterocycles. The van der Waals surface area contributed by atoms with Crippen molar-refractivity contribution in [1.82, 2.24) is 4.98 Å². The van der Waals surface area contributed by atoms with Crippen molar-refractivity contribution in [1.29, 1.82) is 0 Å². The summed E-state index contributed by atoms with van der Waals surface area (Å²) < 4.78 is 0. The molecule has 0 aliphatic heterocycles. The summed E-state index contributed by atoms with van der Waals surface area (Å²) in [6.45, 7) is 2.00. The number of allylic oxidation sites excluding steroid dienone is 1. The maximum atomic E-state index is 10.9. The molecule has 0 amide bonds. The van der Waals surface area contributed by atoms with Gasteiger partial charge in [0.2, 0.25) is 0 Å². The van der Waals surface area contributed by atoms with E-state index in [0.717, 1.165) is 35.0 Å². The van der Waals surface area contributed by atoms with Gasteiger partial charge in [-0.05, 0) is 55.9 Å². The number of benzene rings is 1. The molecule has 1 N–H and O–H groups in total. The highest BCUT2D eigenvalue weighted by atomic mass is 16.3. The molecule has 0 saturated heterocycles. The van der Waals surface area contributed by atoms with Crippen LogP contribution in [0.3, 0.4) is 0 Å². The quantitative estimate of drug-likeness (QED) is 0.798.